The molecular weight excluding hydrogens is 340 g/mol. The number of rotatable bonds is 3. The van der Waals surface area contributed by atoms with Gasteiger partial charge in [0.25, 0.3) is 5.89 Å². The van der Waals surface area contributed by atoms with Gasteiger partial charge in [0.1, 0.15) is 6.10 Å². The highest BCUT2D eigenvalue weighted by atomic mass is 79.9. The molecule has 7 heteroatoms. The van der Waals surface area contributed by atoms with Crippen LogP contribution in [-0.4, -0.2) is 27.3 Å². The predicted octanol–water partition coefficient (Wildman–Crippen LogP) is 3.11. The molecule has 0 amide bonds. The lowest BCUT2D eigenvalue weighted by Crippen LogP contribution is -2.18. The zero-order valence-corrected chi connectivity index (χ0v) is 12.8. The van der Waals surface area contributed by atoms with Crippen LogP contribution in [0.4, 0.5) is 0 Å². The molecule has 1 aromatic heterocycles. The molecule has 1 aliphatic heterocycles. The number of halogens is 1. The Morgan fingerprint density at radius 3 is 2.90 bits per heavy atom. The summed E-state index contributed by atoms with van der Waals surface area (Å²) in [7, 11) is 0. The summed E-state index contributed by atoms with van der Waals surface area (Å²) in [5.41, 5.74) is 1.90. The minimum Gasteiger partial charge on any atom is -0.479 e. The van der Waals surface area contributed by atoms with Gasteiger partial charge in [-0.2, -0.15) is 4.98 Å². The lowest BCUT2D eigenvalue weighted by molar-refractivity contribution is -0.150. The van der Waals surface area contributed by atoms with Gasteiger partial charge in [-0.3, -0.25) is 0 Å². The van der Waals surface area contributed by atoms with E-state index in [-0.39, 0.29) is 0 Å². The van der Waals surface area contributed by atoms with Crippen LogP contribution in [0.2, 0.25) is 0 Å². The summed E-state index contributed by atoms with van der Waals surface area (Å²) in [4.78, 5) is 15.2. The van der Waals surface area contributed by atoms with Gasteiger partial charge in [-0.05, 0) is 43.5 Å². The predicted molar refractivity (Wildman–Crippen MR) is 76.7 cm³/mol. The van der Waals surface area contributed by atoms with Crippen LogP contribution in [0.3, 0.4) is 0 Å². The molecule has 6 nitrogen and oxygen atoms in total. The van der Waals surface area contributed by atoms with Crippen LogP contribution in [-0.2, 0) is 9.53 Å². The molecule has 1 saturated heterocycles. The number of aromatic nitrogens is 2. The van der Waals surface area contributed by atoms with Crippen molar-refractivity contribution in [3.63, 3.8) is 0 Å². The number of carbonyl (C=O) groups is 1. The molecule has 1 aliphatic rings. The van der Waals surface area contributed by atoms with Crippen molar-refractivity contribution in [1.29, 1.82) is 0 Å². The van der Waals surface area contributed by atoms with Crippen molar-refractivity contribution in [2.75, 3.05) is 0 Å². The molecule has 0 aliphatic carbocycles. The highest BCUT2D eigenvalue weighted by Crippen LogP contribution is 2.33. The number of benzene rings is 1. The summed E-state index contributed by atoms with van der Waals surface area (Å²) in [5.74, 6) is -0.144. The average molecular weight is 353 g/mol. The van der Waals surface area contributed by atoms with Gasteiger partial charge in [-0.1, -0.05) is 21.1 Å². The SMILES string of the molecule is Cc1cc(Br)ccc1-c1noc(C2CCC(C(=O)O)O2)n1. The van der Waals surface area contributed by atoms with Crippen LogP contribution in [0.25, 0.3) is 11.4 Å². The molecule has 0 radical (unpaired) electrons. The van der Waals surface area contributed by atoms with E-state index in [9.17, 15) is 4.79 Å². The van der Waals surface area contributed by atoms with Crippen molar-refractivity contribution in [3.8, 4) is 11.4 Å². The minimum atomic E-state index is -0.957. The lowest BCUT2D eigenvalue weighted by Gasteiger charge is -2.05. The summed E-state index contributed by atoms with van der Waals surface area (Å²) < 4.78 is 11.6. The molecule has 1 N–H and O–H groups in total. The maximum Gasteiger partial charge on any atom is 0.332 e. The highest BCUT2D eigenvalue weighted by molar-refractivity contribution is 9.10. The quantitative estimate of drug-likeness (QED) is 0.913. The van der Waals surface area contributed by atoms with Gasteiger partial charge in [-0.25, -0.2) is 4.79 Å². The maximum absolute atomic E-state index is 10.9. The average Bonchev–Trinajstić information content (AvgIpc) is 3.07. The third kappa shape index (κ3) is 2.84. The summed E-state index contributed by atoms with van der Waals surface area (Å²) in [5, 5.41) is 12.9. The summed E-state index contributed by atoms with van der Waals surface area (Å²) >= 11 is 3.41. The molecule has 2 aromatic rings. The van der Waals surface area contributed by atoms with Gasteiger partial charge in [0.05, 0.1) is 0 Å². The molecule has 0 spiro atoms. The molecule has 21 heavy (non-hydrogen) atoms. The van der Waals surface area contributed by atoms with Crippen LogP contribution in [0, 0.1) is 6.92 Å². The minimum absolute atomic E-state index is 0.330. The number of ether oxygens (including phenoxy) is 1. The fourth-order valence-corrected chi connectivity index (χ4v) is 2.83. The number of aliphatic carboxylic acids is 1. The zero-order chi connectivity index (χ0) is 15.0. The largest absolute Gasteiger partial charge is 0.479 e. The monoisotopic (exact) mass is 352 g/mol. The van der Waals surface area contributed by atoms with E-state index in [1.807, 2.05) is 25.1 Å². The van der Waals surface area contributed by atoms with E-state index in [1.54, 1.807) is 0 Å². The van der Waals surface area contributed by atoms with Crippen molar-refractivity contribution in [3.05, 3.63) is 34.1 Å². The fourth-order valence-electron chi connectivity index (χ4n) is 2.35. The van der Waals surface area contributed by atoms with Gasteiger partial charge in [0, 0.05) is 10.0 Å². The summed E-state index contributed by atoms with van der Waals surface area (Å²) in [6, 6.07) is 5.78. The summed E-state index contributed by atoms with van der Waals surface area (Å²) in [6.45, 7) is 1.96. The Labute approximate surface area is 129 Å². The Balaban J connectivity index is 1.82. The van der Waals surface area contributed by atoms with E-state index in [2.05, 4.69) is 26.1 Å². The fraction of sp³-hybridized carbons (Fsp3) is 0.357. The molecule has 2 heterocycles. The smallest absolute Gasteiger partial charge is 0.332 e. The van der Waals surface area contributed by atoms with E-state index < -0.39 is 18.2 Å². The number of carboxylic acid groups (broad SMARTS) is 1. The van der Waals surface area contributed by atoms with Gasteiger partial charge in [0.2, 0.25) is 5.82 Å². The van der Waals surface area contributed by atoms with Crippen molar-refractivity contribution in [2.45, 2.75) is 32.0 Å². The Morgan fingerprint density at radius 2 is 2.24 bits per heavy atom. The lowest BCUT2D eigenvalue weighted by atomic mass is 10.1. The van der Waals surface area contributed by atoms with Crippen molar-refractivity contribution in [1.82, 2.24) is 10.1 Å². The second-order valence-corrected chi connectivity index (χ2v) is 5.86. The standard InChI is InChI=1S/C14H13BrN2O4/c1-7-6-8(15)2-3-9(7)12-16-13(21-17-12)10-4-5-11(20-10)14(18)19/h2-3,6,10-11H,4-5H2,1H3,(H,18,19). The molecular formula is C14H13BrN2O4. The zero-order valence-electron chi connectivity index (χ0n) is 11.2. The second-order valence-electron chi connectivity index (χ2n) is 4.94. The Kier molecular flexibility index (Phi) is 3.77. The molecule has 3 rings (SSSR count). The van der Waals surface area contributed by atoms with Gasteiger partial charge in [0.15, 0.2) is 6.10 Å². The van der Waals surface area contributed by atoms with Gasteiger partial charge in [-0.15, -0.1) is 0 Å². The Morgan fingerprint density at radius 1 is 1.43 bits per heavy atom. The first-order valence-electron chi connectivity index (χ1n) is 6.53. The summed E-state index contributed by atoms with van der Waals surface area (Å²) in [6.07, 6.45) is -0.213. The van der Waals surface area contributed by atoms with Gasteiger partial charge >= 0.3 is 5.97 Å². The van der Waals surface area contributed by atoms with E-state index >= 15 is 0 Å². The van der Waals surface area contributed by atoms with E-state index in [1.165, 1.54) is 0 Å². The first-order chi connectivity index (χ1) is 10.0. The number of hydrogen-bond acceptors (Lipinski definition) is 5. The second kappa shape index (κ2) is 5.57. The first kappa shape index (κ1) is 14.2. The molecule has 2 unspecified atom stereocenters. The molecule has 1 aromatic carbocycles. The maximum atomic E-state index is 10.9. The van der Waals surface area contributed by atoms with Crippen LogP contribution in [0.5, 0.6) is 0 Å². The van der Waals surface area contributed by atoms with E-state index in [0.29, 0.717) is 24.6 Å². The number of nitrogens with zero attached hydrogens (tertiary/aromatic N) is 2. The van der Waals surface area contributed by atoms with Crippen LogP contribution in [0.1, 0.15) is 30.4 Å². The van der Waals surface area contributed by atoms with Crippen molar-refractivity contribution in [2.24, 2.45) is 0 Å². The van der Waals surface area contributed by atoms with Crippen LogP contribution < -0.4 is 0 Å². The molecule has 0 saturated carbocycles. The molecule has 110 valence electrons. The highest BCUT2D eigenvalue weighted by Gasteiger charge is 2.34. The van der Waals surface area contributed by atoms with E-state index in [4.69, 9.17) is 14.4 Å². The van der Waals surface area contributed by atoms with Crippen LogP contribution in [0.15, 0.2) is 27.2 Å². The van der Waals surface area contributed by atoms with Crippen LogP contribution >= 0.6 is 15.9 Å². The van der Waals surface area contributed by atoms with Gasteiger partial charge < -0.3 is 14.4 Å². The third-order valence-corrected chi connectivity index (χ3v) is 3.93. The van der Waals surface area contributed by atoms with E-state index in [0.717, 1.165) is 15.6 Å². The van der Waals surface area contributed by atoms with Crippen molar-refractivity contribution >= 4 is 21.9 Å². The third-order valence-electron chi connectivity index (χ3n) is 3.44. The molecule has 2 atom stereocenters. The molecule has 1 fully saturated rings. The number of carboxylic acids is 1. The Bertz CT molecular complexity index is 685. The number of aryl methyl sites for hydroxylation is 1. The van der Waals surface area contributed by atoms with Crippen molar-refractivity contribution < 1.29 is 19.2 Å². The first-order valence-corrected chi connectivity index (χ1v) is 7.32. The Hall–Kier alpha value is -1.73. The topological polar surface area (TPSA) is 85.5 Å². The molecule has 0 bridgehead atoms. The number of hydrogen-bond donors (Lipinski definition) is 1. The normalized spacial score (nSPS) is 21.6.